The maximum absolute atomic E-state index is 12.4. The van der Waals surface area contributed by atoms with Gasteiger partial charge in [-0.05, 0) is 58.1 Å². The van der Waals surface area contributed by atoms with Crippen LogP contribution in [0.5, 0.6) is 11.5 Å². The van der Waals surface area contributed by atoms with Crippen LogP contribution >= 0.6 is 0 Å². The number of carbonyl (C=O) groups excluding carboxylic acids is 1. The number of primary amides is 1. The zero-order valence-electron chi connectivity index (χ0n) is 17.4. The number of hydrogen-bond acceptors (Lipinski definition) is 4. The van der Waals surface area contributed by atoms with E-state index in [-0.39, 0.29) is 5.91 Å². The summed E-state index contributed by atoms with van der Waals surface area (Å²) in [6.07, 6.45) is 2.89. The van der Waals surface area contributed by atoms with Gasteiger partial charge in [-0.3, -0.25) is 4.79 Å². The Hall–Kier alpha value is -2.47. The average Bonchev–Trinajstić information content (AvgIpc) is 2.93. The van der Waals surface area contributed by atoms with Gasteiger partial charge in [-0.25, -0.2) is 0 Å². The van der Waals surface area contributed by atoms with Crippen LogP contribution in [0.3, 0.4) is 0 Å². The van der Waals surface area contributed by atoms with Crippen molar-refractivity contribution in [2.75, 3.05) is 33.9 Å². The Balaban J connectivity index is 2.11. The Morgan fingerprint density at radius 1 is 1.21 bits per heavy atom. The van der Waals surface area contributed by atoms with Gasteiger partial charge in [-0.2, -0.15) is 0 Å². The molecule has 1 aliphatic rings. The standard InChI is InChI=1S/C22H31N3O3/c1-5-7-17-21(16-8-9-18-19(14-16)28-13-12-27-18)20(22(23)26)15(2)25(17)11-6-10-24(3)4/h8-9,14H,5-7,10-13H2,1-4H3,(H2,23,26). The molecule has 2 aromatic rings. The molecule has 1 aliphatic heterocycles. The van der Waals surface area contributed by atoms with Gasteiger partial charge < -0.3 is 24.7 Å². The molecule has 152 valence electrons. The van der Waals surface area contributed by atoms with Gasteiger partial charge in [0.2, 0.25) is 0 Å². The van der Waals surface area contributed by atoms with Gasteiger partial charge in [-0.1, -0.05) is 19.4 Å². The van der Waals surface area contributed by atoms with Crippen LogP contribution in [-0.2, 0) is 13.0 Å². The van der Waals surface area contributed by atoms with Crippen LogP contribution in [0.15, 0.2) is 18.2 Å². The van der Waals surface area contributed by atoms with E-state index in [1.165, 1.54) is 5.69 Å². The quantitative estimate of drug-likeness (QED) is 0.757. The Labute approximate surface area is 167 Å². The molecule has 28 heavy (non-hydrogen) atoms. The fraction of sp³-hybridized carbons (Fsp3) is 0.500. The van der Waals surface area contributed by atoms with Crippen molar-refractivity contribution in [1.29, 1.82) is 0 Å². The average molecular weight is 386 g/mol. The molecule has 2 N–H and O–H groups in total. The second-order valence-electron chi connectivity index (χ2n) is 7.56. The van der Waals surface area contributed by atoms with Crippen molar-refractivity contribution >= 4 is 5.91 Å². The highest BCUT2D eigenvalue weighted by atomic mass is 16.6. The molecule has 3 rings (SSSR count). The molecule has 0 fully saturated rings. The molecule has 6 nitrogen and oxygen atoms in total. The first-order chi connectivity index (χ1) is 13.4. The van der Waals surface area contributed by atoms with E-state index in [4.69, 9.17) is 15.2 Å². The maximum atomic E-state index is 12.4. The maximum Gasteiger partial charge on any atom is 0.251 e. The van der Waals surface area contributed by atoms with Gasteiger partial charge in [0.1, 0.15) is 13.2 Å². The van der Waals surface area contributed by atoms with E-state index in [2.05, 4.69) is 30.5 Å². The van der Waals surface area contributed by atoms with Gasteiger partial charge in [0, 0.05) is 23.5 Å². The second kappa shape index (κ2) is 8.69. The number of aromatic nitrogens is 1. The lowest BCUT2D eigenvalue weighted by molar-refractivity contribution is 0.1000. The first-order valence-electron chi connectivity index (χ1n) is 10.0. The predicted octanol–water partition coefficient (Wildman–Crippen LogP) is 3.24. The fourth-order valence-electron chi connectivity index (χ4n) is 3.95. The van der Waals surface area contributed by atoms with Crippen LogP contribution in [0.1, 0.15) is 41.5 Å². The van der Waals surface area contributed by atoms with E-state index < -0.39 is 0 Å². The first kappa shape index (κ1) is 20.3. The summed E-state index contributed by atoms with van der Waals surface area (Å²) in [5.41, 5.74) is 10.5. The third-order valence-electron chi connectivity index (χ3n) is 5.18. The molecule has 0 aliphatic carbocycles. The van der Waals surface area contributed by atoms with E-state index in [0.29, 0.717) is 18.8 Å². The van der Waals surface area contributed by atoms with Crippen molar-refractivity contribution < 1.29 is 14.3 Å². The molecule has 0 spiro atoms. The number of ether oxygens (including phenoxy) is 2. The highest BCUT2D eigenvalue weighted by Gasteiger charge is 2.25. The van der Waals surface area contributed by atoms with Crippen molar-refractivity contribution in [1.82, 2.24) is 9.47 Å². The first-order valence-corrected chi connectivity index (χ1v) is 10.0. The van der Waals surface area contributed by atoms with Crippen LogP contribution in [0.4, 0.5) is 0 Å². The lowest BCUT2D eigenvalue weighted by Crippen LogP contribution is -2.17. The van der Waals surface area contributed by atoms with Crippen molar-refractivity contribution in [2.45, 2.75) is 39.7 Å². The summed E-state index contributed by atoms with van der Waals surface area (Å²) in [6, 6.07) is 5.89. The number of amides is 1. The lowest BCUT2D eigenvalue weighted by Gasteiger charge is -2.19. The Bertz CT molecular complexity index is 855. The normalized spacial score (nSPS) is 13.2. The summed E-state index contributed by atoms with van der Waals surface area (Å²) < 4.78 is 13.7. The molecule has 0 unspecified atom stereocenters. The molecular weight excluding hydrogens is 354 g/mol. The number of nitrogens with zero attached hydrogens (tertiary/aromatic N) is 2. The lowest BCUT2D eigenvalue weighted by atomic mass is 9.97. The van der Waals surface area contributed by atoms with E-state index in [1.54, 1.807) is 0 Å². The number of carbonyl (C=O) groups is 1. The molecule has 1 aromatic carbocycles. The molecule has 0 bridgehead atoms. The van der Waals surface area contributed by atoms with Gasteiger partial charge in [0.05, 0.1) is 5.56 Å². The van der Waals surface area contributed by atoms with E-state index in [0.717, 1.165) is 60.7 Å². The van der Waals surface area contributed by atoms with Crippen molar-refractivity contribution in [3.63, 3.8) is 0 Å². The minimum atomic E-state index is -0.383. The minimum absolute atomic E-state index is 0.383. The Kier molecular flexibility index (Phi) is 6.29. The highest BCUT2D eigenvalue weighted by molar-refractivity contribution is 6.02. The predicted molar refractivity (Wildman–Crippen MR) is 111 cm³/mol. The molecule has 1 aromatic heterocycles. The van der Waals surface area contributed by atoms with Gasteiger partial charge in [0.15, 0.2) is 11.5 Å². The molecule has 1 amide bonds. The van der Waals surface area contributed by atoms with Crippen molar-refractivity contribution in [2.24, 2.45) is 5.73 Å². The smallest absolute Gasteiger partial charge is 0.251 e. The summed E-state index contributed by atoms with van der Waals surface area (Å²) >= 11 is 0. The van der Waals surface area contributed by atoms with E-state index >= 15 is 0 Å². The molecule has 0 saturated heterocycles. The number of benzene rings is 1. The summed E-state index contributed by atoms with van der Waals surface area (Å²) in [5.74, 6) is 1.08. The summed E-state index contributed by atoms with van der Waals surface area (Å²) in [7, 11) is 4.15. The highest BCUT2D eigenvalue weighted by Crippen LogP contribution is 2.39. The Morgan fingerprint density at radius 2 is 1.93 bits per heavy atom. The summed E-state index contributed by atoms with van der Waals surface area (Å²) in [4.78, 5) is 14.6. The van der Waals surface area contributed by atoms with Crippen molar-refractivity contribution in [3.8, 4) is 22.6 Å². The van der Waals surface area contributed by atoms with E-state index in [1.807, 2.05) is 25.1 Å². The molecule has 6 heteroatoms. The van der Waals surface area contributed by atoms with E-state index in [9.17, 15) is 4.79 Å². The van der Waals surface area contributed by atoms with Crippen molar-refractivity contribution in [3.05, 3.63) is 35.2 Å². The SMILES string of the molecule is CCCc1c(-c2ccc3c(c2)OCCO3)c(C(N)=O)c(C)n1CCCN(C)C. The molecule has 0 radical (unpaired) electrons. The zero-order chi connectivity index (χ0) is 20.3. The molecular formula is C22H31N3O3. The summed E-state index contributed by atoms with van der Waals surface area (Å²) in [5, 5.41) is 0. The van der Waals surface area contributed by atoms with Crippen LogP contribution in [0.2, 0.25) is 0 Å². The second-order valence-corrected chi connectivity index (χ2v) is 7.56. The summed E-state index contributed by atoms with van der Waals surface area (Å²) in [6.45, 7) is 7.10. The van der Waals surface area contributed by atoms with Crippen LogP contribution < -0.4 is 15.2 Å². The Morgan fingerprint density at radius 3 is 2.57 bits per heavy atom. The van der Waals surface area contributed by atoms with Gasteiger partial charge in [-0.15, -0.1) is 0 Å². The molecule has 2 heterocycles. The van der Waals surface area contributed by atoms with Gasteiger partial charge >= 0.3 is 0 Å². The molecule has 0 saturated carbocycles. The minimum Gasteiger partial charge on any atom is -0.486 e. The number of fused-ring (bicyclic) bond motifs is 1. The topological polar surface area (TPSA) is 69.7 Å². The number of hydrogen-bond donors (Lipinski definition) is 1. The van der Waals surface area contributed by atoms with Crippen LogP contribution in [0, 0.1) is 6.92 Å². The zero-order valence-corrected chi connectivity index (χ0v) is 17.4. The fourth-order valence-corrected chi connectivity index (χ4v) is 3.95. The van der Waals surface area contributed by atoms with Crippen LogP contribution in [0.25, 0.3) is 11.1 Å². The third-order valence-corrected chi connectivity index (χ3v) is 5.18. The largest absolute Gasteiger partial charge is 0.486 e. The number of nitrogens with two attached hydrogens (primary N) is 1. The third kappa shape index (κ3) is 4.02. The monoisotopic (exact) mass is 385 g/mol. The molecule has 0 atom stereocenters. The number of rotatable bonds is 8. The van der Waals surface area contributed by atoms with Gasteiger partial charge in [0.25, 0.3) is 5.91 Å². The van der Waals surface area contributed by atoms with Crippen LogP contribution in [-0.4, -0.2) is 49.2 Å².